The molecule has 1 saturated heterocycles. The minimum absolute atomic E-state index is 0.0757. The summed E-state index contributed by atoms with van der Waals surface area (Å²) < 4.78 is 28.0. The van der Waals surface area contributed by atoms with Gasteiger partial charge in [-0.3, -0.25) is 9.52 Å². The molecule has 1 aliphatic heterocycles. The van der Waals surface area contributed by atoms with Gasteiger partial charge in [-0.1, -0.05) is 22.0 Å². The van der Waals surface area contributed by atoms with Crippen LogP contribution in [0.25, 0.3) is 0 Å². The molecule has 9 heteroatoms. The number of sulfonamides is 1. The summed E-state index contributed by atoms with van der Waals surface area (Å²) in [6, 6.07) is 11.7. The molecule has 0 saturated carbocycles. The second-order valence-corrected chi connectivity index (χ2v) is 7.60. The van der Waals surface area contributed by atoms with E-state index in [2.05, 4.69) is 26.0 Å². The molecule has 0 unspecified atom stereocenters. The molecule has 3 amide bonds. The Morgan fingerprint density at radius 2 is 1.79 bits per heavy atom. The molecule has 0 radical (unpaired) electrons. The van der Waals surface area contributed by atoms with Crippen LogP contribution in [0.5, 0.6) is 0 Å². The van der Waals surface area contributed by atoms with Crippen molar-refractivity contribution < 1.29 is 18.0 Å². The van der Waals surface area contributed by atoms with Crippen molar-refractivity contribution in [3.8, 4) is 0 Å². The van der Waals surface area contributed by atoms with Gasteiger partial charge in [0.1, 0.15) is 0 Å². The average molecular weight is 410 g/mol. The van der Waals surface area contributed by atoms with E-state index < -0.39 is 22.0 Å². The molecule has 1 heterocycles. The fraction of sp³-hybridized carbons (Fsp3) is 0.0667. The number of rotatable bonds is 4. The smallest absolute Gasteiger partial charge is 0.328 e. The molecule has 2 aromatic rings. The van der Waals surface area contributed by atoms with Gasteiger partial charge >= 0.3 is 6.03 Å². The van der Waals surface area contributed by atoms with Crippen LogP contribution in [-0.2, 0) is 14.8 Å². The quantitative estimate of drug-likeness (QED) is 0.757. The second kappa shape index (κ2) is 6.25. The molecule has 0 aromatic heterocycles. The maximum atomic E-state index is 12.4. The van der Waals surface area contributed by atoms with E-state index in [0.29, 0.717) is 5.69 Å². The second-order valence-electron chi connectivity index (χ2n) is 5.00. The van der Waals surface area contributed by atoms with E-state index in [1.165, 1.54) is 18.2 Å². The molecule has 124 valence electrons. The van der Waals surface area contributed by atoms with Crippen molar-refractivity contribution >= 4 is 49.3 Å². The lowest BCUT2D eigenvalue weighted by atomic mass is 10.2. The Morgan fingerprint density at radius 3 is 2.42 bits per heavy atom. The van der Waals surface area contributed by atoms with E-state index in [1.54, 1.807) is 30.3 Å². The van der Waals surface area contributed by atoms with Gasteiger partial charge in [0, 0.05) is 4.47 Å². The van der Waals surface area contributed by atoms with Crippen molar-refractivity contribution in [3.63, 3.8) is 0 Å². The van der Waals surface area contributed by atoms with Crippen molar-refractivity contribution in [2.24, 2.45) is 0 Å². The minimum atomic E-state index is -3.77. The number of urea groups is 1. The molecule has 7 nitrogen and oxygen atoms in total. The molecule has 0 spiro atoms. The van der Waals surface area contributed by atoms with Crippen molar-refractivity contribution in [1.82, 2.24) is 5.32 Å². The van der Waals surface area contributed by atoms with Crippen LogP contribution in [0.4, 0.5) is 16.2 Å². The lowest BCUT2D eigenvalue weighted by Crippen LogP contribution is -2.30. The first-order valence-corrected chi connectivity index (χ1v) is 9.14. The van der Waals surface area contributed by atoms with Crippen LogP contribution in [0.1, 0.15) is 0 Å². The zero-order valence-corrected chi connectivity index (χ0v) is 14.6. The molecular weight excluding hydrogens is 398 g/mol. The van der Waals surface area contributed by atoms with Gasteiger partial charge < -0.3 is 5.32 Å². The summed E-state index contributed by atoms with van der Waals surface area (Å²) in [6.07, 6.45) is 0. The summed E-state index contributed by atoms with van der Waals surface area (Å²) in [5.41, 5.74) is 0.550. The number of halogens is 1. The normalized spacial score (nSPS) is 14.6. The number of carbonyl (C=O) groups is 2. The van der Waals surface area contributed by atoms with Crippen molar-refractivity contribution in [2.45, 2.75) is 4.90 Å². The maximum Gasteiger partial charge on any atom is 0.329 e. The number of amides is 3. The Balaban J connectivity index is 1.88. The summed E-state index contributed by atoms with van der Waals surface area (Å²) in [7, 11) is -3.77. The molecule has 24 heavy (non-hydrogen) atoms. The molecule has 1 fully saturated rings. The predicted octanol–water partition coefficient (Wildman–Crippen LogP) is 2.31. The van der Waals surface area contributed by atoms with Gasteiger partial charge in [-0.05, 0) is 42.5 Å². The molecular formula is C15H12BrN3O4S. The lowest BCUT2D eigenvalue weighted by molar-refractivity contribution is -0.115. The van der Waals surface area contributed by atoms with E-state index in [9.17, 15) is 18.0 Å². The van der Waals surface area contributed by atoms with Crippen LogP contribution < -0.4 is 14.9 Å². The van der Waals surface area contributed by atoms with Crippen molar-refractivity contribution in [3.05, 3.63) is 53.0 Å². The van der Waals surface area contributed by atoms with E-state index in [4.69, 9.17) is 0 Å². The third kappa shape index (κ3) is 3.26. The molecule has 0 bridgehead atoms. The van der Waals surface area contributed by atoms with Crippen LogP contribution in [0.2, 0.25) is 0 Å². The summed E-state index contributed by atoms with van der Waals surface area (Å²) in [6.45, 7) is -0.0757. The zero-order valence-electron chi connectivity index (χ0n) is 12.2. The van der Waals surface area contributed by atoms with E-state index in [1.807, 2.05) is 0 Å². The first-order chi connectivity index (χ1) is 11.4. The standard InChI is InChI=1S/C15H12BrN3O4S/c16-10-4-6-13(7-5-10)24(22,23)18-11-2-1-3-12(8-11)19-14(20)9-17-15(19)21/h1-8,18H,9H2,(H,17,21). The third-order valence-corrected chi connectivity index (χ3v) is 5.25. The number of carbonyl (C=O) groups excluding carboxylic acids is 2. The first-order valence-electron chi connectivity index (χ1n) is 6.86. The van der Waals surface area contributed by atoms with Gasteiger partial charge in [-0.25, -0.2) is 18.1 Å². The van der Waals surface area contributed by atoms with Crippen LogP contribution >= 0.6 is 15.9 Å². The highest BCUT2D eigenvalue weighted by Crippen LogP contribution is 2.24. The minimum Gasteiger partial charge on any atom is -0.328 e. The van der Waals surface area contributed by atoms with E-state index >= 15 is 0 Å². The van der Waals surface area contributed by atoms with Crippen LogP contribution in [-0.4, -0.2) is 26.9 Å². The fourth-order valence-electron chi connectivity index (χ4n) is 2.22. The number of nitrogens with one attached hydrogen (secondary N) is 2. The first kappa shape index (κ1) is 16.5. The monoisotopic (exact) mass is 409 g/mol. The summed E-state index contributed by atoms with van der Waals surface area (Å²) in [5, 5.41) is 2.41. The largest absolute Gasteiger partial charge is 0.329 e. The topological polar surface area (TPSA) is 95.6 Å². The van der Waals surface area contributed by atoms with Gasteiger partial charge in [-0.2, -0.15) is 0 Å². The number of imide groups is 1. The Hall–Kier alpha value is -2.39. The maximum absolute atomic E-state index is 12.4. The van der Waals surface area contributed by atoms with Gasteiger partial charge in [0.15, 0.2) is 0 Å². The summed E-state index contributed by atoms with van der Waals surface area (Å²) >= 11 is 3.25. The van der Waals surface area contributed by atoms with E-state index in [0.717, 1.165) is 9.37 Å². The predicted molar refractivity (Wildman–Crippen MR) is 92.3 cm³/mol. The van der Waals surface area contributed by atoms with Crippen molar-refractivity contribution in [1.29, 1.82) is 0 Å². The third-order valence-electron chi connectivity index (χ3n) is 3.32. The summed E-state index contributed by atoms with van der Waals surface area (Å²) in [5.74, 6) is -0.395. The zero-order chi connectivity index (χ0) is 17.3. The molecule has 1 aliphatic rings. The number of nitrogens with zero attached hydrogens (tertiary/aromatic N) is 1. The van der Waals surface area contributed by atoms with Crippen molar-refractivity contribution in [2.75, 3.05) is 16.2 Å². The molecule has 3 rings (SSSR count). The van der Waals surface area contributed by atoms with Gasteiger partial charge in [-0.15, -0.1) is 0 Å². The van der Waals surface area contributed by atoms with Gasteiger partial charge in [0.25, 0.3) is 15.9 Å². The van der Waals surface area contributed by atoms with Crippen LogP contribution in [0.3, 0.4) is 0 Å². The molecule has 0 atom stereocenters. The fourth-order valence-corrected chi connectivity index (χ4v) is 3.53. The molecule has 2 N–H and O–H groups in total. The van der Waals surface area contributed by atoms with Crippen LogP contribution in [0.15, 0.2) is 57.9 Å². The SMILES string of the molecule is O=C1CNC(=O)N1c1cccc(NS(=O)(=O)c2ccc(Br)cc2)c1. The number of anilines is 2. The average Bonchev–Trinajstić information content (AvgIpc) is 2.86. The van der Waals surface area contributed by atoms with Gasteiger partial charge in [0.05, 0.1) is 22.8 Å². The number of hydrogen-bond donors (Lipinski definition) is 2. The number of benzene rings is 2. The Bertz CT molecular complexity index is 897. The highest BCUT2D eigenvalue weighted by molar-refractivity contribution is 9.10. The summed E-state index contributed by atoms with van der Waals surface area (Å²) in [4.78, 5) is 24.5. The van der Waals surface area contributed by atoms with Gasteiger partial charge in [0.2, 0.25) is 0 Å². The molecule has 0 aliphatic carbocycles. The lowest BCUT2D eigenvalue weighted by Gasteiger charge is -2.14. The Kier molecular flexibility index (Phi) is 4.29. The highest BCUT2D eigenvalue weighted by Gasteiger charge is 2.30. The Morgan fingerprint density at radius 1 is 1.08 bits per heavy atom. The molecule has 2 aromatic carbocycles. The van der Waals surface area contributed by atoms with E-state index in [-0.39, 0.29) is 17.1 Å². The highest BCUT2D eigenvalue weighted by atomic mass is 79.9. The number of hydrogen-bond acceptors (Lipinski definition) is 4. The van der Waals surface area contributed by atoms with Crippen LogP contribution in [0, 0.1) is 0 Å². The Labute approximate surface area is 146 Å².